The van der Waals surface area contributed by atoms with E-state index < -0.39 is 5.91 Å². The van der Waals surface area contributed by atoms with E-state index in [-0.39, 0.29) is 12.5 Å². The van der Waals surface area contributed by atoms with Gasteiger partial charge in [0.05, 0.1) is 32.0 Å². The molecule has 0 unspecified atom stereocenters. The molecule has 3 rings (SSSR count). The van der Waals surface area contributed by atoms with E-state index in [4.69, 9.17) is 18.9 Å². The molecule has 0 aliphatic carbocycles. The van der Waals surface area contributed by atoms with E-state index in [2.05, 4.69) is 31.8 Å². The maximum atomic E-state index is 12.4. The number of carbonyl (C=O) groups is 2. The summed E-state index contributed by atoms with van der Waals surface area (Å²) in [6, 6.07) is 15.7. The van der Waals surface area contributed by atoms with Gasteiger partial charge in [-0.15, -0.1) is 0 Å². The van der Waals surface area contributed by atoms with E-state index in [0.717, 1.165) is 5.56 Å². The van der Waals surface area contributed by atoms with Gasteiger partial charge in [0.2, 0.25) is 0 Å². The maximum Gasteiger partial charge on any atom is 0.271 e. The summed E-state index contributed by atoms with van der Waals surface area (Å²) in [6.07, 6.45) is 1.46. The number of hydrogen-bond acceptors (Lipinski definition) is 7. The Morgan fingerprint density at radius 2 is 1.61 bits per heavy atom. The summed E-state index contributed by atoms with van der Waals surface area (Å²) in [4.78, 5) is 24.7. The van der Waals surface area contributed by atoms with Crippen molar-refractivity contribution in [2.75, 3.05) is 33.3 Å². The molecule has 0 saturated heterocycles. The molecule has 9 nitrogen and oxygen atoms in total. The van der Waals surface area contributed by atoms with E-state index in [0.29, 0.717) is 44.3 Å². The van der Waals surface area contributed by atoms with Crippen LogP contribution in [0, 0.1) is 6.92 Å². The van der Waals surface area contributed by atoms with E-state index in [1.165, 1.54) is 27.5 Å². The zero-order valence-corrected chi connectivity index (χ0v) is 21.8. The second kappa shape index (κ2) is 12.6. The number of methoxy groups -OCH3 is 3. The number of benzene rings is 3. The van der Waals surface area contributed by atoms with Gasteiger partial charge in [0.15, 0.2) is 29.6 Å². The molecule has 0 radical (unpaired) electrons. The fraction of sp³-hybridized carbons (Fsp3) is 0.192. The average molecular weight is 556 g/mol. The largest absolute Gasteiger partial charge is 0.493 e. The molecule has 2 amide bonds. The number of ether oxygens (including phenoxy) is 4. The standard InChI is InChI=1S/C26H26BrN3O6/c1-16-5-8-19(9-6-16)29-24(31)15-36-25-20(27)11-17(12-23(25)35-4)14-28-30-26(32)18-7-10-21(33-2)22(13-18)34-3/h5-14H,15H2,1-4H3,(H,29,31)(H,30,32)/b28-14+. The lowest BCUT2D eigenvalue weighted by molar-refractivity contribution is -0.118. The van der Waals surface area contributed by atoms with Crippen LogP contribution >= 0.6 is 15.9 Å². The van der Waals surface area contributed by atoms with Gasteiger partial charge in [-0.25, -0.2) is 5.43 Å². The minimum Gasteiger partial charge on any atom is -0.493 e. The van der Waals surface area contributed by atoms with Crippen LogP contribution in [-0.2, 0) is 4.79 Å². The number of nitrogens with zero attached hydrogens (tertiary/aromatic N) is 1. The Hall–Kier alpha value is -4.05. The van der Waals surface area contributed by atoms with E-state index in [1.807, 2.05) is 31.2 Å². The van der Waals surface area contributed by atoms with Gasteiger partial charge in [-0.3, -0.25) is 9.59 Å². The monoisotopic (exact) mass is 555 g/mol. The van der Waals surface area contributed by atoms with Crippen molar-refractivity contribution >= 4 is 39.6 Å². The molecule has 0 saturated carbocycles. The molecule has 10 heteroatoms. The van der Waals surface area contributed by atoms with Gasteiger partial charge in [0, 0.05) is 11.3 Å². The summed E-state index contributed by atoms with van der Waals surface area (Å²) in [5, 5.41) is 6.79. The molecule has 36 heavy (non-hydrogen) atoms. The van der Waals surface area contributed by atoms with Crippen molar-refractivity contribution in [3.63, 3.8) is 0 Å². The van der Waals surface area contributed by atoms with Crippen LogP contribution in [0.25, 0.3) is 0 Å². The molecule has 3 aromatic rings. The molecule has 0 heterocycles. The summed E-state index contributed by atoms with van der Waals surface area (Å²) < 4.78 is 22.1. The first kappa shape index (κ1) is 26.6. The lowest BCUT2D eigenvalue weighted by Crippen LogP contribution is -2.20. The van der Waals surface area contributed by atoms with Crippen LogP contribution in [0.5, 0.6) is 23.0 Å². The van der Waals surface area contributed by atoms with Gasteiger partial charge in [-0.2, -0.15) is 5.10 Å². The Morgan fingerprint density at radius 1 is 0.917 bits per heavy atom. The molecule has 2 N–H and O–H groups in total. The second-order valence-corrected chi connectivity index (χ2v) is 8.36. The van der Waals surface area contributed by atoms with Crippen molar-refractivity contribution < 1.29 is 28.5 Å². The summed E-state index contributed by atoms with van der Waals surface area (Å²) in [5.41, 5.74) is 5.23. The molecule has 0 fully saturated rings. The molecule has 0 aliphatic heterocycles. The van der Waals surface area contributed by atoms with Gasteiger partial charge < -0.3 is 24.3 Å². The lowest BCUT2D eigenvalue weighted by atomic mass is 10.2. The van der Waals surface area contributed by atoms with E-state index in [1.54, 1.807) is 30.3 Å². The number of nitrogens with one attached hydrogen (secondary N) is 2. The van der Waals surface area contributed by atoms with Crippen molar-refractivity contribution in [3.05, 3.63) is 75.8 Å². The molecule has 0 spiro atoms. The topological polar surface area (TPSA) is 107 Å². The van der Waals surface area contributed by atoms with Crippen LogP contribution in [0.2, 0.25) is 0 Å². The van der Waals surface area contributed by atoms with Crippen molar-refractivity contribution in [1.29, 1.82) is 0 Å². The first-order valence-electron chi connectivity index (χ1n) is 10.8. The number of aryl methyl sites for hydroxylation is 1. The van der Waals surface area contributed by atoms with Crippen molar-refractivity contribution in [1.82, 2.24) is 5.43 Å². The Bertz CT molecular complexity index is 1260. The smallest absolute Gasteiger partial charge is 0.271 e. The average Bonchev–Trinajstić information content (AvgIpc) is 2.88. The predicted molar refractivity (Wildman–Crippen MR) is 141 cm³/mol. The Morgan fingerprint density at radius 3 is 2.28 bits per heavy atom. The van der Waals surface area contributed by atoms with Crippen molar-refractivity contribution in [2.24, 2.45) is 5.10 Å². The molecule has 0 atom stereocenters. The number of hydrazone groups is 1. The molecule has 0 aliphatic rings. The third kappa shape index (κ3) is 6.98. The van der Waals surface area contributed by atoms with Gasteiger partial charge in [0.1, 0.15) is 0 Å². The Labute approximate surface area is 217 Å². The van der Waals surface area contributed by atoms with Gasteiger partial charge in [0.25, 0.3) is 11.8 Å². The third-order valence-electron chi connectivity index (χ3n) is 4.96. The molecule has 0 aromatic heterocycles. The highest BCUT2D eigenvalue weighted by molar-refractivity contribution is 9.10. The molecular formula is C26H26BrN3O6. The molecule has 3 aromatic carbocycles. The molecule has 0 bridgehead atoms. The SMILES string of the molecule is COc1ccc(C(=O)N/N=C/c2cc(Br)c(OCC(=O)Nc3ccc(C)cc3)c(OC)c2)cc1OC. The third-order valence-corrected chi connectivity index (χ3v) is 5.55. The summed E-state index contributed by atoms with van der Waals surface area (Å²) in [5.74, 6) is 0.979. The first-order valence-corrected chi connectivity index (χ1v) is 11.6. The van der Waals surface area contributed by atoms with E-state index >= 15 is 0 Å². The quantitative estimate of drug-likeness (QED) is 0.280. The highest BCUT2D eigenvalue weighted by Gasteiger charge is 2.14. The highest BCUT2D eigenvalue weighted by atomic mass is 79.9. The number of amides is 2. The van der Waals surface area contributed by atoms with Crippen LogP contribution in [0.3, 0.4) is 0 Å². The number of hydrogen-bond donors (Lipinski definition) is 2. The van der Waals surface area contributed by atoms with Crippen LogP contribution in [0.4, 0.5) is 5.69 Å². The second-order valence-electron chi connectivity index (χ2n) is 7.51. The van der Waals surface area contributed by atoms with Gasteiger partial charge in [-0.1, -0.05) is 17.7 Å². The number of carbonyl (C=O) groups excluding carboxylic acids is 2. The van der Waals surface area contributed by atoms with Crippen LogP contribution in [0.15, 0.2) is 64.2 Å². The zero-order valence-electron chi connectivity index (χ0n) is 20.3. The van der Waals surface area contributed by atoms with Gasteiger partial charge in [-0.05, 0) is 70.9 Å². The maximum absolute atomic E-state index is 12.4. The summed E-state index contributed by atoms with van der Waals surface area (Å²) >= 11 is 3.44. The number of rotatable bonds is 10. The van der Waals surface area contributed by atoms with E-state index in [9.17, 15) is 9.59 Å². The summed E-state index contributed by atoms with van der Waals surface area (Å²) in [7, 11) is 4.50. The number of halogens is 1. The summed E-state index contributed by atoms with van der Waals surface area (Å²) in [6.45, 7) is 1.76. The fourth-order valence-corrected chi connectivity index (χ4v) is 3.71. The van der Waals surface area contributed by atoms with Crippen LogP contribution in [-0.4, -0.2) is 46.0 Å². The Balaban J connectivity index is 1.63. The zero-order chi connectivity index (χ0) is 26.1. The van der Waals surface area contributed by atoms with Crippen LogP contribution < -0.4 is 29.7 Å². The fourth-order valence-electron chi connectivity index (χ4n) is 3.13. The lowest BCUT2D eigenvalue weighted by Gasteiger charge is -2.13. The van der Waals surface area contributed by atoms with Crippen molar-refractivity contribution in [3.8, 4) is 23.0 Å². The van der Waals surface area contributed by atoms with Gasteiger partial charge >= 0.3 is 0 Å². The first-order chi connectivity index (χ1) is 17.3. The normalized spacial score (nSPS) is 10.6. The Kier molecular flexibility index (Phi) is 9.29. The highest BCUT2D eigenvalue weighted by Crippen LogP contribution is 2.36. The number of anilines is 1. The predicted octanol–water partition coefficient (Wildman–Crippen LogP) is 4.56. The van der Waals surface area contributed by atoms with Crippen molar-refractivity contribution in [2.45, 2.75) is 6.92 Å². The molecule has 188 valence electrons. The molecular weight excluding hydrogens is 530 g/mol. The minimum absolute atomic E-state index is 0.211. The minimum atomic E-state index is -0.419. The van der Waals surface area contributed by atoms with Crippen LogP contribution in [0.1, 0.15) is 21.5 Å².